The van der Waals surface area contributed by atoms with Crippen molar-refractivity contribution in [2.75, 3.05) is 10.2 Å². The van der Waals surface area contributed by atoms with Gasteiger partial charge in [0.15, 0.2) is 5.69 Å². The molecule has 5 rings (SSSR count). The first-order valence-electron chi connectivity index (χ1n) is 10.9. The van der Waals surface area contributed by atoms with E-state index >= 15 is 0 Å². The summed E-state index contributed by atoms with van der Waals surface area (Å²) in [6, 6.07) is 12.0. The maximum Gasteiger partial charge on any atom is 0.356 e. The van der Waals surface area contributed by atoms with Crippen LogP contribution in [0.25, 0.3) is 5.65 Å². The molecule has 36 heavy (non-hydrogen) atoms. The van der Waals surface area contributed by atoms with Gasteiger partial charge in [-0.3, -0.25) is 9.20 Å². The molecule has 3 aromatic heterocycles. The Morgan fingerprint density at radius 1 is 1.19 bits per heavy atom. The third kappa shape index (κ3) is 4.21. The highest BCUT2D eigenvalue weighted by Gasteiger charge is 2.23. The van der Waals surface area contributed by atoms with Gasteiger partial charge in [-0.25, -0.2) is 19.2 Å². The molecule has 0 saturated carbocycles. The lowest BCUT2D eigenvalue weighted by atomic mass is 10.1. The van der Waals surface area contributed by atoms with Crippen LogP contribution < -0.4 is 15.8 Å². The molecule has 1 aromatic carbocycles. The Balaban J connectivity index is 1.58. The smallest absolute Gasteiger partial charge is 0.356 e. The molecule has 1 aliphatic rings. The average Bonchev–Trinajstić information content (AvgIpc) is 3.27. The molecule has 0 unspecified atom stereocenters. The highest BCUT2D eigenvalue weighted by molar-refractivity contribution is 6.29. The standard InChI is InChI=1S/C25H18ClFN6O3/c1-13(29-19-4-5-20(26)30-23(19)25(35)36)18-6-14(9-28)10-33-22(34)8-21(31-24(18)33)32-11-15-2-3-17(27)7-16(15)12-32/h2-8,10,13,29H,11-12H2,1H3,(H,35,36)/t13-/m1/s1. The van der Waals surface area contributed by atoms with Crippen LogP contribution in [0, 0.1) is 17.1 Å². The number of rotatable bonds is 5. The molecular formula is C25H18ClFN6O3. The van der Waals surface area contributed by atoms with Crippen LogP contribution in [0.15, 0.2) is 53.5 Å². The minimum atomic E-state index is -1.26. The number of pyridine rings is 2. The van der Waals surface area contributed by atoms with Gasteiger partial charge in [-0.15, -0.1) is 0 Å². The molecular weight excluding hydrogens is 487 g/mol. The molecule has 0 amide bonds. The molecule has 0 radical (unpaired) electrons. The Bertz CT molecular complexity index is 1650. The van der Waals surface area contributed by atoms with Crippen molar-refractivity contribution in [3.63, 3.8) is 0 Å². The monoisotopic (exact) mass is 504 g/mol. The number of carboxylic acids is 1. The first-order chi connectivity index (χ1) is 17.2. The highest BCUT2D eigenvalue weighted by atomic mass is 35.5. The van der Waals surface area contributed by atoms with Gasteiger partial charge in [0.05, 0.1) is 17.3 Å². The van der Waals surface area contributed by atoms with E-state index in [4.69, 9.17) is 16.6 Å². The highest BCUT2D eigenvalue weighted by Crippen LogP contribution is 2.30. The van der Waals surface area contributed by atoms with Crippen LogP contribution in [0.4, 0.5) is 15.9 Å². The van der Waals surface area contributed by atoms with Crippen molar-refractivity contribution in [2.24, 2.45) is 0 Å². The Morgan fingerprint density at radius 2 is 1.97 bits per heavy atom. The number of halogens is 2. The summed E-state index contributed by atoms with van der Waals surface area (Å²) in [5, 5.41) is 22.2. The van der Waals surface area contributed by atoms with Crippen LogP contribution in [0.3, 0.4) is 0 Å². The summed E-state index contributed by atoms with van der Waals surface area (Å²) in [6.07, 6.45) is 1.41. The minimum absolute atomic E-state index is 0.0342. The maximum atomic E-state index is 13.7. The molecule has 9 nitrogen and oxygen atoms in total. The van der Waals surface area contributed by atoms with Crippen LogP contribution in [-0.4, -0.2) is 25.4 Å². The number of anilines is 2. The molecule has 2 N–H and O–H groups in total. The van der Waals surface area contributed by atoms with Gasteiger partial charge >= 0.3 is 5.97 Å². The van der Waals surface area contributed by atoms with Gasteiger partial charge in [0.2, 0.25) is 0 Å². The van der Waals surface area contributed by atoms with E-state index in [1.165, 1.54) is 40.9 Å². The summed E-state index contributed by atoms with van der Waals surface area (Å²) in [5.41, 5.74) is 2.38. The predicted molar refractivity (Wildman–Crippen MR) is 131 cm³/mol. The summed E-state index contributed by atoms with van der Waals surface area (Å²) in [7, 11) is 0. The first-order valence-corrected chi connectivity index (χ1v) is 11.3. The van der Waals surface area contributed by atoms with Crippen molar-refractivity contribution in [2.45, 2.75) is 26.1 Å². The molecule has 0 fully saturated rings. The van der Waals surface area contributed by atoms with Gasteiger partial charge in [-0.1, -0.05) is 17.7 Å². The first kappa shape index (κ1) is 23.3. The van der Waals surface area contributed by atoms with E-state index in [1.807, 2.05) is 11.0 Å². The summed E-state index contributed by atoms with van der Waals surface area (Å²) >= 11 is 5.86. The molecule has 0 bridgehead atoms. The number of carboxylic acid groups (broad SMARTS) is 1. The second-order valence-electron chi connectivity index (χ2n) is 8.41. The zero-order chi connectivity index (χ0) is 25.6. The third-order valence-corrected chi connectivity index (χ3v) is 6.23. The maximum absolute atomic E-state index is 13.7. The Morgan fingerprint density at radius 3 is 2.72 bits per heavy atom. The van der Waals surface area contributed by atoms with Gasteiger partial charge in [-0.2, -0.15) is 5.26 Å². The molecule has 11 heteroatoms. The van der Waals surface area contributed by atoms with Crippen molar-refractivity contribution in [1.82, 2.24) is 14.4 Å². The number of hydrogen-bond acceptors (Lipinski definition) is 7. The molecule has 0 saturated heterocycles. The lowest BCUT2D eigenvalue weighted by Crippen LogP contribution is -2.23. The van der Waals surface area contributed by atoms with Crippen molar-refractivity contribution >= 4 is 34.7 Å². The fraction of sp³-hybridized carbons (Fsp3) is 0.160. The second-order valence-corrected chi connectivity index (χ2v) is 8.80. The zero-order valence-corrected chi connectivity index (χ0v) is 19.6. The fourth-order valence-electron chi connectivity index (χ4n) is 4.31. The van der Waals surface area contributed by atoms with Gasteiger partial charge in [0.25, 0.3) is 5.56 Å². The van der Waals surface area contributed by atoms with Gasteiger partial charge < -0.3 is 15.3 Å². The topological polar surface area (TPSA) is 124 Å². The average molecular weight is 505 g/mol. The van der Waals surface area contributed by atoms with Crippen molar-refractivity contribution in [3.05, 3.63) is 97.9 Å². The fourth-order valence-corrected chi connectivity index (χ4v) is 4.46. The SMILES string of the molecule is C[C@@H](Nc1ccc(Cl)nc1C(=O)O)c1cc(C#N)cn2c(=O)cc(N3Cc4ccc(F)cc4C3)nc12. The molecule has 4 heterocycles. The summed E-state index contributed by atoms with van der Waals surface area (Å²) in [5.74, 6) is -1.18. The zero-order valence-electron chi connectivity index (χ0n) is 18.9. The number of nitrogens with one attached hydrogen (secondary N) is 1. The largest absolute Gasteiger partial charge is 0.476 e. The summed E-state index contributed by atoms with van der Waals surface area (Å²) in [6.45, 7) is 2.62. The van der Waals surface area contributed by atoms with Crippen LogP contribution >= 0.6 is 11.6 Å². The van der Waals surface area contributed by atoms with Crippen LogP contribution in [0.2, 0.25) is 5.15 Å². The Hall–Kier alpha value is -4.49. The molecule has 4 aromatic rings. The van der Waals surface area contributed by atoms with Crippen molar-refractivity contribution in [3.8, 4) is 6.07 Å². The van der Waals surface area contributed by atoms with E-state index < -0.39 is 12.0 Å². The number of nitrogens with zero attached hydrogens (tertiary/aromatic N) is 5. The number of hydrogen-bond donors (Lipinski definition) is 2. The van der Waals surface area contributed by atoms with E-state index in [2.05, 4.69) is 10.3 Å². The van der Waals surface area contributed by atoms with E-state index in [0.717, 1.165) is 11.1 Å². The van der Waals surface area contributed by atoms with E-state index in [0.29, 0.717) is 30.1 Å². The summed E-state index contributed by atoms with van der Waals surface area (Å²) < 4.78 is 15.0. The minimum Gasteiger partial charge on any atom is -0.476 e. The number of benzene rings is 1. The normalized spacial score (nSPS) is 13.3. The van der Waals surface area contributed by atoms with Gasteiger partial charge in [0, 0.05) is 30.9 Å². The quantitative estimate of drug-likeness (QED) is 0.388. The molecule has 1 atom stereocenters. The molecule has 180 valence electrons. The number of fused-ring (bicyclic) bond motifs is 2. The van der Waals surface area contributed by atoms with E-state index in [1.54, 1.807) is 19.1 Å². The number of aromatic nitrogens is 3. The molecule has 1 aliphatic heterocycles. The van der Waals surface area contributed by atoms with Crippen LogP contribution in [0.1, 0.15) is 45.7 Å². The third-order valence-electron chi connectivity index (χ3n) is 6.02. The van der Waals surface area contributed by atoms with Crippen molar-refractivity contribution in [1.29, 1.82) is 5.26 Å². The Kier molecular flexibility index (Phi) is 5.78. The predicted octanol–water partition coefficient (Wildman–Crippen LogP) is 4.15. The summed E-state index contributed by atoms with van der Waals surface area (Å²) in [4.78, 5) is 35.2. The number of carbonyl (C=O) groups is 1. The number of nitriles is 1. The van der Waals surface area contributed by atoms with E-state index in [9.17, 15) is 24.3 Å². The van der Waals surface area contributed by atoms with Gasteiger partial charge in [0.1, 0.15) is 28.5 Å². The Labute approximate surface area is 209 Å². The van der Waals surface area contributed by atoms with Crippen LogP contribution in [0.5, 0.6) is 0 Å². The van der Waals surface area contributed by atoms with E-state index in [-0.39, 0.29) is 33.5 Å². The second kappa shape index (κ2) is 8.94. The van der Waals surface area contributed by atoms with Crippen molar-refractivity contribution < 1.29 is 14.3 Å². The van der Waals surface area contributed by atoms with Gasteiger partial charge in [-0.05, 0) is 48.4 Å². The molecule has 0 aliphatic carbocycles. The number of aromatic carboxylic acids is 1. The lowest BCUT2D eigenvalue weighted by Gasteiger charge is -2.21. The van der Waals surface area contributed by atoms with Crippen LogP contribution in [-0.2, 0) is 13.1 Å². The molecule has 0 spiro atoms. The lowest BCUT2D eigenvalue weighted by molar-refractivity contribution is 0.0691.